The zero-order chi connectivity index (χ0) is 19.2. The van der Waals surface area contributed by atoms with Crippen LogP contribution in [0.3, 0.4) is 0 Å². The molecule has 0 amide bonds. The monoisotopic (exact) mass is 377 g/mol. The average Bonchev–Trinajstić information content (AvgIpc) is 3.14. The third-order valence-corrected chi connectivity index (χ3v) is 5.83. The van der Waals surface area contributed by atoms with Gasteiger partial charge in [0.05, 0.1) is 0 Å². The fourth-order valence-corrected chi connectivity index (χ4v) is 4.23. The van der Waals surface area contributed by atoms with E-state index >= 15 is 0 Å². The summed E-state index contributed by atoms with van der Waals surface area (Å²) in [6.45, 7) is 6.37. The maximum absolute atomic E-state index is 9.37. The molecule has 0 aliphatic carbocycles. The first-order valence-electron chi connectivity index (χ1n) is 10.5. The van der Waals surface area contributed by atoms with Gasteiger partial charge in [0.25, 0.3) is 0 Å². The average molecular weight is 378 g/mol. The molecular formula is C24H31N3O. The molecule has 4 rings (SSSR count). The summed E-state index contributed by atoms with van der Waals surface area (Å²) in [6, 6.07) is 19.6. The van der Waals surface area contributed by atoms with Crippen molar-refractivity contribution in [2.24, 2.45) is 5.92 Å². The molecule has 1 atom stereocenters. The number of piperidine rings is 1. The Bertz CT molecular complexity index is 874. The lowest BCUT2D eigenvalue weighted by atomic mass is 9.99. The minimum atomic E-state index is 0.326. The van der Waals surface area contributed by atoms with Crippen LogP contribution in [0.2, 0.25) is 0 Å². The van der Waals surface area contributed by atoms with Gasteiger partial charge in [-0.15, -0.1) is 0 Å². The predicted octanol–water partition coefficient (Wildman–Crippen LogP) is 3.48. The summed E-state index contributed by atoms with van der Waals surface area (Å²) in [6.07, 6.45) is 4.56. The topological polar surface area (TPSA) is 40.4 Å². The van der Waals surface area contributed by atoms with Crippen LogP contribution in [0.25, 0.3) is 10.9 Å². The van der Waals surface area contributed by atoms with Gasteiger partial charge in [-0.2, -0.15) is 0 Å². The number of nitrogens with one attached hydrogen (secondary N) is 1. The first-order chi connectivity index (χ1) is 13.8. The molecule has 0 spiro atoms. The Morgan fingerprint density at radius 3 is 2.79 bits per heavy atom. The molecule has 1 aliphatic heterocycles. The highest BCUT2D eigenvalue weighted by molar-refractivity contribution is 5.81. The summed E-state index contributed by atoms with van der Waals surface area (Å²) in [7, 11) is 0. The Morgan fingerprint density at radius 2 is 1.93 bits per heavy atom. The minimum Gasteiger partial charge on any atom is -0.396 e. The molecule has 4 heteroatoms. The lowest BCUT2D eigenvalue weighted by molar-refractivity contribution is 0.121. The van der Waals surface area contributed by atoms with Crippen molar-refractivity contribution in [3.05, 3.63) is 71.9 Å². The number of aliphatic hydroxyl groups excluding tert-OH is 1. The molecule has 2 aromatic carbocycles. The van der Waals surface area contributed by atoms with Crippen molar-refractivity contribution in [1.82, 2.24) is 14.8 Å². The van der Waals surface area contributed by atoms with Crippen LogP contribution in [0.5, 0.6) is 0 Å². The highest BCUT2D eigenvalue weighted by Crippen LogP contribution is 2.19. The molecule has 0 radical (unpaired) electrons. The zero-order valence-corrected chi connectivity index (χ0v) is 16.6. The van der Waals surface area contributed by atoms with Gasteiger partial charge in [-0.1, -0.05) is 42.5 Å². The Kier molecular flexibility index (Phi) is 6.42. The van der Waals surface area contributed by atoms with Crippen LogP contribution < -0.4 is 5.32 Å². The fraction of sp³-hybridized carbons (Fsp3) is 0.417. The lowest BCUT2D eigenvalue weighted by Crippen LogP contribution is -2.40. The number of aromatic nitrogens is 1. The third kappa shape index (κ3) is 4.82. The van der Waals surface area contributed by atoms with E-state index in [1.54, 1.807) is 0 Å². The van der Waals surface area contributed by atoms with Crippen LogP contribution in [0, 0.1) is 5.92 Å². The molecule has 3 aromatic rings. The van der Waals surface area contributed by atoms with E-state index in [4.69, 9.17) is 0 Å². The van der Waals surface area contributed by atoms with Gasteiger partial charge >= 0.3 is 0 Å². The summed E-state index contributed by atoms with van der Waals surface area (Å²) in [5.74, 6) is 0.466. The Hall–Kier alpha value is -2.14. The number of hydrogen-bond donors (Lipinski definition) is 2. The van der Waals surface area contributed by atoms with Gasteiger partial charge in [0.15, 0.2) is 0 Å². The quantitative estimate of drug-likeness (QED) is 0.591. The number of hydrogen-bond acceptors (Lipinski definition) is 3. The molecule has 0 bridgehead atoms. The van der Waals surface area contributed by atoms with E-state index < -0.39 is 0 Å². The first-order valence-corrected chi connectivity index (χ1v) is 10.5. The lowest BCUT2D eigenvalue weighted by Gasteiger charge is -2.31. The summed E-state index contributed by atoms with van der Waals surface area (Å²) >= 11 is 0. The molecule has 1 aliphatic rings. The number of benzene rings is 2. The maximum Gasteiger partial charge on any atom is 0.0486 e. The molecule has 2 N–H and O–H groups in total. The smallest absolute Gasteiger partial charge is 0.0486 e. The summed E-state index contributed by atoms with van der Waals surface area (Å²) in [5.41, 5.74) is 3.95. The largest absolute Gasteiger partial charge is 0.396 e. The number of nitrogens with zero attached hydrogens (tertiary/aromatic N) is 2. The van der Waals surface area contributed by atoms with E-state index in [9.17, 15) is 5.11 Å². The number of likely N-dealkylation sites (tertiary alicyclic amines) is 1. The van der Waals surface area contributed by atoms with E-state index in [0.29, 0.717) is 12.5 Å². The van der Waals surface area contributed by atoms with E-state index in [2.05, 4.69) is 75.6 Å². The zero-order valence-electron chi connectivity index (χ0n) is 16.6. The van der Waals surface area contributed by atoms with E-state index in [-0.39, 0.29) is 0 Å². The van der Waals surface area contributed by atoms with Crippen molar-refractivity contribution >= 4 is 10.9 Å². The molecule has 148 valence electrons. The van der Waals surface area contributed by atoms with Crippen molar-refractivity contribution in [2.45, 2.75) is 25.9 Å². The van der Waals surface area contributed by atoms with Crippen LogP contribution in [0.15, 0.2) is 60.8 Å². The molecular weight excluding hydrogens is 346 g/mol. The molecule has 4 nitrogen and oxygen atoms in total. The Morgan fingerprint density at radius 1 is 1.04 bits per heavy atom. The highest BCUT2D eigenvalue weighted by atomic mass is 16.3. The Balaban J connectivity index is 1.32. The van der Waals surface area contributed by atoms with E-state index in [1.807, 2.05) is 0 Å². The fourth-order valence-electron chi connectivity index (χ4n) is 4.23. The Labute approximate surface area is 167 Å². The van der Waals surface area contributed by atoms with Crippen molar-refractivity contribution < 1.29 is 5.11 Å². The molecule has 1 saturated heterocycles. The van der Waals surface area contributed by atoms with Gasteiger partial charge in [0, 0.05) is 51.0 Å². The number of fused-ring (bicyclic) bond motifs is 1. The molecule has 1 fully saturated rings. The van der Waals surface area contributed by atoms with Gasteiger partial charge in [-0.25, -0.2) is 0 Å². The van der Waals surface area contributed by atoms with Crippen molar-refractivity contribution in [2.75, 3.05) is 32.8 Å². The maximum atomic E-state index is 9.37. The second kappa shape index (κ2) is 9.37. The van der Waals surface area contributed by atoms with Crippen molar-refractivity contribution in [3.63, 3.8) is 0 Å². The van der Waals surface area contributed by atoms with Gasteiger partial charge in [0.1, 0.15) is 0 Å². The standard InChI is InChI=1S/C24H31N3O/c28-19-22-7-4-12-26(17-22)14-11-25-16-21-8-9-23-10-13-27(24(23)15-21)18-20-5-2-1-3-6-20/h1-3,5-6,8-10,13,15,22,25,28H,4,7,11-12,14,16-19H2/t22-/m0/s1. The molecule has 0 saturated carbocycles. The summed E-state index contributed by atoms with van der Waals surface area (Å²) in [4.78, 5) is 2.48. The van der Waals surface area contributed by atoms with Crippen LogP contribution in [-0.2, 0) is 13.1 Å². The second-order valence-electron chi connectivity index (χ2n) is 7.99. The normalized spacial score (nSPS) is 18.0. The SMILES string of the molecule is OC[C@H]1CCCN(CCNCc2ccc3ccn(Cc4ccccc4)c3c2)C1. The van der Waals surface area contributed by atoms with Crippen molar-refractivity contribution in [3.8, 4) is 0 Å². The van der Waals surface area contributed by atoms with Gasteiger partial charge in [0.2, 0.25) is 0 Å². The summed E-state index contributed by atoms with van der Waals surface area (Å²) < 4.78 is 2.33. The molecule has 1 aromatic heterocycles. The molecule has 0 unspecified atom stereocenters. The van der Waals surface area contributed by atoms with Gasteiger partial charge in [-0.3, -0.25) is 0 Å². The third-order valence-electron chi connectivity index (χ3n) is 5.83. The van der Waals surface area contributed by atoms with Crippen LogP contribution in [-0.4, -0.2) is 47.4 Å². The minimum absolute atomic E-state index is 0.326. The van der Waals surface area contributed by atoms with Gasteiger partial charge in [-0.05, 0) is 54.0 Å². The number of aliphatic hydroxyl groups is 1. The van der Waals surface area contributed by atoms with Gasteiger partial charge < -0.3 is 19.9 Å². The van der Waals surface area contributed by atoms with Crippen LogP contribution >= 0.6 is 0 Å². The number of rotatable bonds is 8. The predicted molar refractivity (Wildman–Crippen MR) is 115 cm³/mol. The molecule has 2 heterocycles. The highest BCUT2D eigenvalue weighted by Gasteiger charge is 2.18. The summed E-state index contributed by atoms with van der Waals surface area (Å²) in [5, 5.41) is 14.3. The van der Waals surface area contributed by atoms with E-state index in [1.165, 1.54) is 34.9 Å². The van der Waals surface area contributed by atoms with Crippen LogP contribution in [0.4, 0.5) is 0 Å². The first kappa shape index (κ1) is 19.2. The van der Waals surface area contributed by atoms with Crippen molar-refractivity contribution in [1.29, 1.82) is 0 Å². The van der Waals surface area contributed by atoms with E-state index in [0.717, 1.165) is 39.3 Å². The molecule has 28 heavy (non-hydrogen) atoms. The van der Waals surface area contributed by atoms with Crippen LogP contribution in [0.1, 0.15) is 24.0 Å². The second-order valence-corrected chi connectivity index (χ2v) is 7.99.